The Kier molecular flexibility index (Phi) is 14.1. The molecule has 348 valence electrons. The van der Waals surface area contributed by atoms with Gasteiger partial charge in [-0.25, -0.2) is 8.78 Å². The van der Waals surface area contributed by atoms with Crippen molar-refractivity contribution in [1.29, 1.82) is 0 Å². The number of halogens is 14. The van der Waals surface area contributed by atoms with E-state index < -0.39 is 118 Å². The Morgan fingerprint density at radius 1 is 0.303 bits per heavy atom. The predicted octanol–water partition coefficient (Wildman–Crippen LogP) is 15.2. The van der Waals surface area contributed by atoms with Crippen LogP contribution >= 0.6 is 25.3 Å². The maximum atomic E-state index is 14.8. The van der Waals surface area contributed by atoms with E-state index in [1.165, 1.54) is 0 Å². The van der Waals surface area contributed by atoms with E-state index in [0.29, 0.717) is 62.3 Å². The monoisotopic (exact) mass is 1000 g/mol. The van der Waals surface area contributed by atoms with E-state index in [9.17, 15) is 61.5 Å². The first-order valence-electron chi connectivity index (χ1n) is 18.1. The van der Waals surface area contributed by atoms with Gasteiger partial charge in [0, 0.05) is 25.9 Å². The Balaban J connectivity index is 1.51. The lowest BCUT2D eigenvalue weighted by atomic mass is 10.2. The highest BCUT2D eigenvalue weighted by atomic mass is 31.3. The molecule has 0 amide bonds. The van der Waals surface area contributed by atoms with Gasteiger partial charge in [-0.05, 0) is 97.1 Å². The van der Waals surface area contributed by atoms with Gasteiger partial charge in [0.15, 0.2) is 0 Å². The van der Waals surface area contributed by atoms with E-state index in [1.807, 2.05) is 0 Å². The van der Waals surface area contributed by atoms with Crippen molar-refractivity contribution in [1.82, 2.24) is 13.8 Å². The molecule has 1 saturated heterocycles. The molecule has 1 heterocycles. The zero-order valence-electron chi connectivity index (χ0n) is 32.3. The lowest BCUT2D eigenvalue weighted by Gasteiger charge is -2.47. The van der Waals surface area contributed by atoms with Gasteiger partial charge in [-0.15, -0.1) is 0 Å². The van der Waals surface area contributed by atoms with Crippen LogP contribution in [0.5, 0.6) is 34.5 Å². The molecule has 9 nitrogen and oxygen atoms in total. The average molecular weight is 1000 g/mol. The standard InChI is InChI=1S/C40H24F14N3O6P3/c41-29-11-5-17-35(23-29)62-65-55(58-31-13-1-7-25(19-31)37(43,44)45)64(61-34-16-4-10-28(22-34)40(52,53)54)56(59-32-14-2-8-26(20-32)38(46,47)48)66(63-36-18-6-12-30(42)24-36)57(65)60-33-15-3-9-27(21-33)39(49,50)51/h1-24H. The second-order valence-corrected chi connectivity index (χ2v) is 18.3. The normalized spacial score (nSPS) is 17.8. The first kappa shape index (κ1) is 48.2. The minimum absolute atomic E-state index is 0.446. The molecule has 0 bridgehead atoms. The van der Waals surface area contributed by atoms with Crippen LogP contribution in [0.15, 0.2) is 146 Å². The lowest BCUT2D eigenvalue weighted by Crippen LogP contribution is -2.44. The van der Waals surface area contributed by atoms with Gasteiger partial charge in [0.25, 0.3) is 0 Å². The van der Waals surface area contributed by atoms with E-state index in [1.54, 1.807) is 0 Å². The molecule has 2 atom stereocenters. The summed E-state index contributed by atoms with van der Waals surface area (Å²) < 4.78 is 219. The van der Waals surface area contributed by atoms with Crippen LogP contribution in [0.4, 0.5) is 61.5 Å². The molecule has 1 aliphatic heterocycles. The summed E-state index contributed by atoms with van der Waals surface area (Å²) in [5.41, 5.74) is -5.25. The molecular weight excluding hydrogens is 977 g/mol. The summed E-state index contributed by atoms with van der Waals surface area (Å²) in [6.07, 6.45) is -20.1. The summed E-state index contributed by atoms with van der Waals surface area (Å²) in [6.45, 7) is 0. The fraction of sp³-hybridized carbons (Fsp3) is 0.100. The van der Waals surface area contributed by atoms with Crippen LogP contribution < -0.4 is 28.1 Å². The summed E-state index contributed by atoms with van der Waals surface area (Å²) in [4.78, 5) is 18.1. The molecule has 1 fully saturated rings. The van der Waals surface area contributed by atoms with Crippen molar-refractivity contribution >= 4 is 25.3 Å². The summed E-state index contributed by atoms with van der Waals surface area (Å²) >= 11 is 0. The van der Waals surface area contributed by atoms with Crippen LogP contribution in [-0.4, -0.2) is 13.8 Å². The molecule has 2 unspecified atom stereocenters. The number of hydrogen-bond acceptors (Lipinski definition) is 9. The summed E-state index contributed by atoms with van der Waals surface area (Å²) in [6, 6.07) is 19.7. The van der Waals surface area contributed by atoms with Gasteiger partial charge in [-0.3, -0.25) is 0 Å². The van der Waals surface area contributed by atoms with Crippen LogP contribution in [0.3, 0.4) is 0 Å². The predicted molar refractivity (Wildman–Crippen MR) is 209 cm³/mol. The Morgan fingerprint density at radius 3 is 0.788 bits per heavy atom. The van der Waals surface area contributed by atoms with Gasteiger partial charge in [-0.2, -0.15) is 52.7 Å². The van der Waals surface area contributed by atoms with E-state index in [4.69, 9.17) is 28.1 Å². The Morgan fingerprint density at radius 2 is 0.530 bits per heavy atom. The third kappa shape index (κ3) is 12.0. The van der Waals surface area contributed by atoms with Gasteiger partial charge in [-0.1, -0.05) is 36.4 Å². The Bertz CT molecular complexity index is 2520. The van der Waals surface area contributed by atoms with Crippen LogP contribution in [0.1, 0.15) is 22.3 Å². The van der Waals surface area contributed by atoms with Gasteiger partial charge in [0.05, 0.1) is 22.3 Å². The third-order valence-electron chi connectivity index (χ3n) is 8.24. The SMILES string of the molecule is Fc1cccc(OP2N(Oc3cccc(C(F)(F)F)c3)P(Oc3cccc(F)c3)N(Oc3cccc(C(F)(F)F)c3)P(Oc3cccc(C(F)(F)F)c3)N2Oc2cccc(C(F)(F)F)c2)c1. The van der Waals surface area contributed by atoms with Gasteiger partial charge >= 0.3 is 50.1 Å². The summed E-state index contributed by atoms with van der Waals surface area (Å²) in [5, 5.41) is 0. The van der Waals surface area contributed by atoms with E-state index >= 15 is 0 Å². The fourth-order valence-electron chi connectivity index (χ4n) is 5.34. The number of alkyl halides is 12. The highest BCUT2D eigenvalue weighted by molar-refractivity contribution is 7.78. The van der Waals surface area contributed by atoms with Crippen molar-refractivity contribution in [2.75, 3.05) is 0 Å². The molecule has 6 aromatic rings. The van der Waals surface area contributed by atoms with Crippen molar-refractivity contribution in [3.63, 3.8) is 0 Å². The van der Waals surface area contributed by atoms with Crippen molar-refractivity contribution in [3.05, 3.63) is 179 Å². The molecule has 1 aliphatic rings. The smallest absolute Gasteiger partial charge is 0.416 e. The van der Waals surface area contributed by atoms with E-state index in [0.717, 1.165) is 97.1 Å². The second kappa shape index (κ2) is 19.3. The molecule has 0 radical (unpaired) electrons. The molecule has 0 aromatic heterocycles. The van der Waals surface area contributed by atoms with Crippen LogP contribution in [0.2, 0.25) is 0 Å². The first-order valence-corrected chi connectivity index (χ1v) is 21.6. The molecule has 26 heteroatoms. The summed E-state index contributed by atoms with van der Waals surface area (Å²) in [5.74, 6) is -5.64. The summed E-state index contributed by atoms with van der Waals surface area (Å²) in [7, 11) is -10.2. The maximum absolute atomic E-state index is 14.8. The molecule has 0 aliphatic carbocycles. The van der Waals surface area contributed by atoms with Crippen molar-refractivity contribution in [2.45, 2.75) is 24.7 Å². The second-order valence-electron chi connectivity index (χ2n) is 13.1. The quantitative estimate of drug-likeness (QED) is 0.0881. The van der Waals surface area contributed by atoms with Gasteiger partial charge < -0.3 is 28.1 Å². The fourth-order valence-corrected chi connectivity index (χ4v) is 12.1. The number of rotatable bonds is 12. The van der Waals surface area contributed by atoms with Crippen molar-refractivity contribution in [3.8, 4) is 34.5 Å². The van der Waals surface area contributed by atoms with Crippen LogP contribution in [-0.2, 0) is 24.7 Å². The minimum Gasteiger partial charge on any atom is -0.440 e. The highest BCUT2D eigenvalue weighted by Crippen LogP contribution is 2.77. The molecule has 0 spiro atoms. The highest BCUT2D eigenvalue weighted by Gasteiger charge is 2.60. The molecule has 7 rings (SSSR count). The number of nitrogens with zero attached hydrogens (tertiary/aromatic N) is 3. The zero-order chi connectivity index (χ0) is 47.6. The molecule has 6 aromatic carbocycles. The van der Waals surface area contributed by atoms with Crippen molar-refractivity contribution < 1.29 is 89.5 Å². The zero-order valence-corrected chi connectivity index (χ0v) is 35.0. The van der Waals surface area contributed by atoms with Crippen LogP contribution in [0, 0.1) is 11.6 Å². The van der Waals surface area contributed by atoms with Gasteiger partial charge in [0.2, 0.25) is 0 Å². The molecular formula is C40H24F14N3O6P3. The molecule has 0 N–H and O–H groups in total. The largest absolute Gasteiger partial charge is 0.440 e. The van der Waals surface area contributed by atoms with Crippen LogP contribution in [0.25, 0.3) is 0 Å². The van der Waals surface area contributed by atoms with Gasteiger partial charge in [0.1, 0.15) is 46.1 Å². The Labute approximate surface area is 366 Å². The minimum atomic E-state index is -5.02. The first-order chi connectivity index (χ1) is 31.0. The molecule has 0 saturated carbocycles. The third-order valence-corrected chi connectivity index (χ3v) is 14.4. The van der Waals surface area contributed by atoms with E-state index in [2.05, 4.69) is 0 Å². The topological polar surface area (TPSA) is 65.1 Å². The van der Waals surface area contributed by atoms with Crippen molar-refractivity contribution in [2.24, 2.45) is 0 Å². The number of hydrogen-bond donors (Lipinski definition) is 0. The number of benzene rings is 6. The van der Waals surface area contributed by atoms with E-state index in [-0.39, 0.29) is 0 Å². The lowest BCUT2D eigenvalue weighted by molar-refractivity contribution is -0.138. The molecule has 66 heavy (non-hydrogen) atoms. The maximum Gasteiger partial charge on any atom is 0.416 e. The average Bonchev–Trinajstić information content (AvgIpc) is 3.24. The Hall–Kier alpha value is -5.69.